The fraction of sp³-hybridized carbons (Fsp3) is 0.696. The first-order valence-corrected chi connectivity index (χ1v) is 10.9. The number of hydrogen-bond acceptors (Lipinski definition) is 2. The number of carbonyl (C=O) groups excluding carboxylic acids is 1. The molecule has 2 unspecified atom stereocenters. The highest BCUT2D eigenvalue weighted by Crippen LogP contribution is 2.63. The second kappa shape index (κ2) is 6.99. The summed E-state index contributed by atoms with van der Waals surface area (Å²) >= 11 is 6.17. The van der Waals surface area contributed by atoms with E-state index in [2.05, 4.69) is 18.2 Å². The SMILES string of the molecule is CC(C)(C)OC(=O)N1CCC(CCC2CC23CCc2cc(Cl)ccc23)CC1. The Morgan fingerprint density at radius 3 is 2.70 bits per heavy atom. The van der Waals surface area contributed by atoms with Crippen LogP contribution in [0.2, 0.25) is 5.02 Å². The number of halogens is 1. The second-order valence-corrected chi connectivity index (χ2v) is 10.3. The molecule has 0 radical (unpaired) electrons. The van der Waals surface area contributed by atoms with Crippen molar-refractivity contribution in [2.75, 3.05) is 13.1 Å². The van der Waals surface area contributed by atoms with Gasteiger partial charge in [-0.2, -0.15) is 0 Å². The van der Waals surface area contributed by atoms with Gasteiger partial charge in [0.05, 0.1) is 0 Å². The lowest BCUT2D eigenvalue weighted by molar-refractivity contribution is 0.0180. The molecule has 1 spiro atoms. The van der Waals surface area contributed by atoms with Crippen molar-refractivity contribution in [3.63, 3.8) is 0 Å². The molecule has 1 saturated heterocycles. The fourth-order valence-electron chi connectivity index (χ4n) is 5.31. The van der Waals surface area contributed by atoms with E-state index in [1.165, 1.54) is 37.7 Å². The molecule has 3 aliphatic rings. The van der Waals surface area contributed by atoms with Crippen LogP contribution in [0, 0.1) is 11.8 Å². The minimum Gasteiger partial charge on any atom is -0.444 e. The van der Waals surface area contributed by atoms with Gasteiger partial charge in [0.2, 0.25) is 0 Å². The van der Waals surface area contributed by atoms with Crippen LogP contribution in [0.4, 0.5) is 4.79 Å². The minimum absolute atomic E-state index is 0.150. The van der Waals surface area contributed by atoms with Gasteiger partial charge in [-0.15, -0.1) is 0 Å². The third-order valence-electron chi connectivity index (χ3n) is 6.87. The van der Waals surface area contributed by atoms with Crippen molar-refractivity contribution in [2.45, 2.75) is 76.7 Å². The van der Waals surface area contributed by atoms with Gasteiger partial charge in [0.15, 0.2) is 0 Å². The van der Waals surface area contributed by atoms with E-state index in [0.717, 1.165) is 42.8 Å². The van der Waals surface area contributed by atoms with Crippen molar-refractivity contribution in [1.82, 2.24) is 4.90 Å². The Kier molecular flexibility index (Phi) is 4.95. The van der Waals surface area contributed by atoms with Crippen molar-refractivity contribution < 1.29 is 9.53 Å². The standard InChI is InChI=1S/C23H32ClNO2/c1-22(2,3)27-21(26)25-12-9-16(10-13-25)4-5-18-15-23(18)11-8-17-14-19(24)6-7-20(17)23/h6-7,14,16,18H,4-5,8-13,15H2,1-3H3. The summed E-state index contributed by atoms with van der Waals surface area (Å²) < 4.78 is 5.50. The molecular weight excluding hydrogens is 358 g/mol. The van der Waals surface area contributed by atoms with Crippen molar-refractivity contribution in [2.24, 2.45) is 11.8 Å². The number of ether oxygens (including phenoxy) is 1. The van der Waals surface area contributed by atoms with Crippen LogP contribution in [0.15, 0.2) is 18.2 Å². The number of amides is 1. The average molecular weight is 390 g/mol. The third-order valence-corrected chi connectivity index (χ3v) is 7.10. The molecule has 2 aliphatic carbocycles. The van der Waals surface area contributed by atoms with Gasteiger partial charge < -0.3 is 9.64 Å². The van der Waals surface area contributed by atoms with Crippen molar-refractivity contribution in [3.8, 4) is 0 Å². The first-order chi connectivity index (χ1) is 12.8. The summed E-state index contributed by atoms with van der Waals surface area (Å²) in [6.45, 7) is 7.47. The molecular formula is C23H32ClNO2. The van der Waals surface area contributed by atoms with E-state index in [1.54, 1.807) is 5.56 Å². The van der Waals surface area contributed by atoms with Gasteiger partial charge in [-0.3, -0.25) is 0 Å². The van der Waals surface area contributed by atoms with Gasteiger partial charge in [-0.05, 0) is 99.8 Å². The minimum atomic E-state index is -0.407. The molecule has 1 saturated carbocycles. The van der Waals surface area contributed by atoms with Crippen molar-refractivity contribution in [1.29, 1.82) is 0 Å². The van der Waals surface area contributed by atoms with E-state index in [1.807, 2.05) is 25.7 Å². The van der Waals surface area contributed by atoms with E-state index in [9.17, 15) is 4.79 Å². The summed E-state index contributed by atoms with van der Waals surface area (Å²) in [5.74, 6) is 1.61. The number of nitrogens with zero attached hydrogens (tertiary/aromatic N) is 1. The summed E-state index contributed by atoms with van der Waals surface area (Å²) in [6.07, 6.45) is 8.58. The number of piperidine rings is 1. The predicted octanol–water partition coefficient (Wildman–Crippen LogP) is 5.97. The Balaban J connectivity index is 1.24. The fourth-order valence-corrected chi connectivity index (χ4v) is 5.50. The molecule has 0 aromatic heterocycles. The lowest BCUT2D eigenvalue weighted by atomic mass is 9.88. The lowest BCUT2D eigenvalue weighted by Crippen LogP contribution is -2.41. The number of aryl methyl sites for hydroxylation is 1. The number of carbonyl (C=O) groups is 1. The van der Waals surface area contributed by atoms with Crippen LogP contribution < -0.4 is 0 Å². The first-order valence-electron chi connectivity index (χ1n) is 10.5. The Bertz CT molecular complexity index is 718. The van der Waals surface area contributed by atoms with Gasteiger partial charge in [0.1, 0.15) is 5.60 Å². The number of rotatable bonds is 3. The first kappa shape index (κ1) is 19.1. The molecule has 0 N–H and O–H groups in total. The van der Waals surface area contributed by atoms with Crippen LogP contribution in [0.1, 0.15) is 70.4 Å². The van der Waals surface area contributed by atoms with Gasteiger partial charge in [-0.25, -0.2) is 4.79 Å². The highest BCUT2D eigenvalue weighted by molar-refractivity contribution is 6.30. The monoisotopic (exact) mass is 389 g/mol. The zero-order valence-corrected chi connectivity index (χ0v) is 17.6. The molecule has 148 valence electrons. The molecule has 1 amide bonds. The maximum Gasteiger partial charge on any atom is 0.410 e. The smallest absolute Gasteiger partial charge is 0.410 e. The quantitative estimate of drug-likeness (QED) is 0.637. The van der Waals surface area contributed by atoms with E-state index in [0.29, 0.717) is 5.41 Å². The highest BCUT2D eigenvalue weighted by atomic mass is 35.5. The van der Waals surface area contributed by atoms with Gasteiger partial charge >= 0.3 is 6.09 Å². The third kappa shape index (κ3) is 3.99. The largest absolute Gasteiger partial charge is 0.444 e. The summed E-state index contributed by atoms with van der Waals surface area (Å²) in [6, 6.07) is 6.52. The average Bonchev–Trinajstić information content (AvgIpc) is 3.19. The van der Waals surface area contributed by atoms with Crippen molar-refractivity contribution in [3.05, 3.63) is 34.3 Å². The number of hydrogen-bond donors (Lipinski definition) is 0. The molecule has 1 heterocycles. The Labute approximate surface area is 168 Å². The molecule has 0 bridgehead atoms. The Morgan fingerprint density at radius 2 is 2.00 bits per heavy atom. The maximum absolute atomic E-state index is 12.2. The summed E-state index contributed by atoms with van der Waals surface area (Å²) in [4.78, 5) is 14.1. The topological polar surface area (TPSA) is 29.5 Å². The van der Waals surface area contributed by atoms with Crippen LogP contribution in [-0.2, 0) is 16.6 Å². The van der Waals surface area contributed by atoms with E-state index < -0.39 is 5.60 Å². The molecule has 4 rings (SSSR count). The van der Waals surface area contributed by atoms with E-state index in [-0.39, 0.29) is 6.09 Å². The molecule has 2 fully saturated rings. The molecule has 1 aromatic carbocycles. The summed E-state index contributed by atoms with van der Waals surface area (Å²) in [5, 5.41) is 0.875. The van der Waals surface area contributed by atoms with Crippen LogP contribution >= 0.6 is 11.6 Å². The van der Waals surface area contributed by atoms with Gasteiger partial charge in [0.25, 0.3) is 0 Å². The van der Waals surface area contributed by atoms with Crippen LogP contribution in [-0.4, -0.2) is 29.7 Å². The Morgan fingerprint density at radius 1 is 1.26 bits per heavy atom. The second-order valence-electron chi connectivity index (χ2n) is 9.85. The molecule has 1 aromatic rings. The molecule has 1 aliphatic heterocycles. The predicted molar refractivity (Wildman–Crippen MR) is 109 cm³/mol. The zero-order valence-electron chi connectivity index (χ0n) is 16.9. The van der Waals surface area contributed by atoms with E-state index >= 15 is 0 Å². The molecule has 27 heavy (non-hydrogen) atoms. The van der Waals surface area contributed by atoms with Crippen LogP contribution in [0.5, 0.6) is 0 Å². The van der Waals surface area contributed by atoms with Crippen LogP contribution in [0.25, 0.3) is 0 Å². The summed E-state index contributed by atoms with van der Waals surface area (Å²) in [7, 11) is 0. The van der Waals surface area contributed by atoms with Crippen molar-refractivity contribution >= 4 is 17.7 Å². The highest BCUT2D eigenvalue weighted by Gasteiger charge is 2.57. The molecule has 3 nitrogen and oxygen atoms in total. The Hall–Kier alpha value is -1.22. The summed E-state index contributed by atoms with van der Waals surface area (Å²) in [5.41, 5.74) is 3.12. The van der Waals surface area contributed by atoms with E-state index in [4.69, 9.17) is 16.3 Å². The van der Waals surface area contributed by atoms with Gasteiger partial charge in [-0.1, -0.05) is 24.1 Å². The lowest BCUT2D eigenvalue weighted by Gasteiger charge is -2.33. The number of fused-ring (bicyclic) bond motifs is 2. The normalized spacial score (nSPS) is 27.7. The number of benzene rings is 1. The molecule has 4 heteroatoms. The number of likely N-dealkylation sites (tertiary alicyclic amines) is 1. The van der Waals surface area contributed by atoms with Gasteiger partial charge in [0, 0.05) is 18.1 Å². The molecule has 2 atom stereocenters. The van der Waals surface area contributed by atoms with Crippen LogP contribution in [0.3, 0.4) is 0 Å². The maximum atomic E-state index is 12.2. The zero-order chi connectivity index (χ0) is 19.2.